The fourth-order valence-electron chi connectivity index (χ4n) is 3.04. The van der Waals surface area contributed by atoms with Gasteiger partial charge in [0.05, 0.1) is 32.3 Å². The number of rotatable bonds is 10. The van der Waals surface area contributed by atoms with Crippen LogP contribution in [0.25, 0.3) is 0 Å². The molecule has 28 heavy (non-hydrogen) atoms. The summed E-state index contributed by atoms with van der Waals surface area (Å²) in [6, 6.07) is 10.3. The molecular formula is C20H25BrO6S. The van der Waals surface area contributed by atoms with E-state index in [-0.39, 0.29) is 10.8 Å². The number of ether oxygens (including phenoxy) is 3. The number of benzene rings is 2. The summed E-state index contributed by atoms with van der Waals surface area (Å²) in [4.78, 5) is -0.0798. The minimum atomic E-state index is -4.31. The molecule has 0 aliphatic carbocycles. The first-order valence-electron chi connectivity index (χ1n) is 8.85. The smallest absolute Gasteiger partial charge is 0.294 e. The van der Waals surface area contributed by atoms with Gasteiger partial charge in [0.15, 0.2) is 11.5 Å². The zero-order chi connectivity index (χ0) is 20.7. The van der Waals surface area contributed by atoms with Gasteiger partial charge in [-0.25, -0.2) is 0 Å². The molecule has 1 unspecified atom stereocenters. The summed E-state index contributed by atoms with van der Waals surface area (Å²) in [5.74, 6) is 1.09. The van der Waals surface area contributed by atoms with Gasteiger partial charge in [-0.1, -0.05) is 35.3 Å². The molecule has 0 amide bonds. The van der Waals surface area contributed by atoms with E-state index in [9.17, 15) is 13.0 Å². The minimum Gasteiger partial charge on any atom is -0.493 e. The molecule has 1 atom stereocenters. The molecule has 0 bridgehead atoms. The summed E-state index contributed by atoms with van der Waals surface area (Å²) >= 11 is 3.37. The zero-order valence-corrected chi connectivity index (χ0v) is 18.5. The molecular weight excluding hydrogens is 448 g/mol. The Morgan fingerprint density at radius 2 is 1.79 bits per heavy atom. The van der Waals surface area contributed by atoms with Crippen LogP contribution in [-0.4, -0.2) is 33.8 Å². The molecule has 2 aromatic carbocycles. The molecule has 2 rings (SSSR count). The Bertz CT molecular complexity index is 898. The molecule has 1 N–H and O–H groups in total. The third kappa shape index (κ3) is 5.94. The van der Waals surface area contributed by atoms with E-state index >= 15 is 0 Å². The topological polar surface area (TPSA) is 82.1 Å². The van der Waals surface area contributed by atoms with Crippen LogP contribution in [0.15, 0.2) is 45.8 Å². The first-order chi connectivity index (χ1) is 13.3. The lowest BCUT2D eigenvalue weighted by molar-refractivity contribution is 0.103. The molecule has 8 heteroatoms. The molecule has 0 aromatic heterocycles. The average molecular weight is 473 g/mol. The average Bonchev–Trinajstić information content (AvgIpc) is 2.66. The third-order valence-electron chi connectivity index (χ3n) is 4.36. The van der Waals surface area contributed by atoms with Gasteiger partial charge in [0.2, 0.25) is 0 Å². The van der Waals surface area contributed by atoms with Gasteiger partial charge in [0, 0.05) is 10.4 Å². The van der Waals surface area contributed by atoms with E-state index in [1.807, 2.05) is 25.1 Å². The molecule has 0 aliphatic heterocycles. The first-order valence-corrected chi connectivity index (χ1v) is 11.1. The predicted octanol–water partition coefficient (Wildman–Crippen LogP) is 4.81. The van der Waals surface area contributed by atoms with Crippen LogP contribution >= 0.6 is 15.9 Å². The molecule has 6 nitrogen and oxygen atoms in total. The van der Waals surface area contributed by atoms with E-state index in [0.717, 1.165) is 22.9 Å². The Morgan fingerprint density at radius 3 is 2.39 bits per heavy atom. The molecule has 0 radical (unpaired) electrons. The molecule has 0 spiro atoms. The van der Waals surface area contributed by atoms with Crippen molar-refractivity contribution in [2.45, 2.75) is 37.2 Å². The van der Waals surface area contributed by atoms with Crippen LogP contribution in [0.2, 0.25) is 0 Å². The summed E-state index contributed by atoms with van der Waals surface area (Å²) in [7, 11) is -1.16. The molecule has 0 fully saturated rings. The summed E-state index contributed by atoms with van der Waals surface area (Å²) in [5, 5.41) is 0. The number of hydrogen-bond acceptors (Lipinski definition) is 5. The Balaban J connectivity index is 2.18. The number of halogens is 1. The molecule has 154 valence electrons. The van der Waals surface area contributed by atoms with Crippen LogP contribution < -0.4 is 9.47 Å². The standard InChI is InChI=1S/C20H25BrO6S/c1-4-5-15(17-11-16(21)7-9-20(17)28(22,23)24)13-27-12-14-6-8-18(25-2)19(10-14)26-3/h6-11,15H,4-5,12-13H2,1-3H3,(H,22,23,24). The van der Waals surface area contributed by atoms with E-state index in [1.165, 1.54) is 6.07 Å². The van der Waals surface area contributed by atoms with Gasteiger partial charge in [-0.05, 0) is 47.9 Å². The maximum absolute atomic E-state index is 11.8. The quantitative estimate of drug-likeness (QED) is 0.499. The van der Waals surface area contributed by atoms with E-state index < -0.39 is 10.1 Å². The molecule has 0 heterocycles. The van der Waals surface area contributed by atoms with Crippen molar-refractivity contribution in [3.63, 3.8) is 0 Å². The van der Waals surface area contributed by atoms with Crippen molar-refractivity contribution in [2.24, 2.45) is 0 Å². The van der Waals surface area contributed by atoms with Gasteiger partial charge in [-0.2, -0.15) is 8.42 Å². The highest BCUT2D eigenvalue weighted by Crippen LogP contribution is 2.32. The van der Waals surface area contributed by atoms with Gasteiger partial charge < -0.3 is 14.2 Å². The van der Waals surface area contributed by atoms with E-state index in [0.29, 0.717) is 30.3 Å². The van der Waals surface area contributed by atoms with Crippen LogP contribution in [0, 0.1) is 0 Å². The highest BCUT2D eigenvalue weighted by Gasteiger charge is 2.22. The minimum absolute atomic E-state index is 0.0798. The predicted molar refractivity (Wildman–Crippen MR) is 111 cm³/mol. The fraction of sp³-hybridized carbons (Fsp3) is 0.400. The fourth-order valence-corrected chi connectivity index (χ4v) is 4.18. The van der Waals surface area contributed by atoms with Crippen LogP contribution in [0.3, 0.4) is 0 Å². The summed E-state index contributed by atoms with van der Waals surface area (Å²) in [6.45, 7) is 2.68. The van der Waals surface area contributed by atoms with Crippen LogP contribution in [0.1, 0.15) is 36.8 Å². The lowest BCUT2D eigenvalue weighted by Gasteiger charge is -2.20. The van der Waals surface area contributed by atoms with Crippen molar-refractivity contribution in [3.05, 3.63) is 52.0 Å². The monoisotopic (exact) mass is 472 g/mol. The Hall–Kier alpha value is -1.61. The number of hydrogen-bond donors (Lipinski definition) is 1. The van der Waals surface area contributed by atoms with Crippen LogP contribution in [0.5, 0.6) is 11.5 Å². The normalized spacial score (nSPS) is 12.6. The van der Waals surface area contributed by atoms with E-state index in [2.05, 4.69) is 15.9 Å². The largest absolute Gasteiger partial charge is 0.493 e. The molecule has 0 aliphatic rings. The van der Waals surface area contributed by atoms with Crippen molar-refractivity contribution in [1.29, 1.82) is 0 Å². The first kappa shape index (κ1) is 22.7. The molecule has 0 saturated carbocycles. The van der Waals surface area contributed by atoms with Crippen LogP contribution in [-0.2, 0) is 21.5 Å². The Kier molecular flexibility index (Phi) is 8.30. The van der Waals surface area contributed by atoms with E-state index in [4.69, 9.17) is 14.2 Å². The Labute approximate surface area is 174 Å². The second kappa shape index (κ2) is 10.2. The maximum atomic E-state index is 11.8. The van der Waals surface area contributed by atoms with Crippen molar-refractivity contribution in [2.75, 3.05) is 20.8 Å². The second-order valence-electron chi connectivity index (χ2n) is 6.35. The van der Waals surface area contributed by atoms with Crippen molar-refractivity contribution in [3.8, 4) is 11.5 Å². The van der Waals surface area contributed by atoms with E-state index in [1.54, 1.807) is 26.4 Å². The highest BCUT2D eigenvalue weighted by molar-refractivity contribution is 9.10. The van der Waals surface area contributed by atoms with Crippen LogP contribution in [0.4, 0.5) is 0 Å². The second-order valence-corrected chi connectivity index (χ2v) is 8.65. The Morgan fingerprint density at radius 1 is 1.07 bits per heavy atom. The summed E-state index contributed by atoms with van der Waals surface area (Å²) in [6.07, 6.45) is 1.58. The lowest BCUT2D eigenvalue weighted by atomic mass is 9.95. The van der Waals surface area contributed by atoms with Gasteiger partial charge in [-0.15, -0.1) is 0 Å². The number of methoxy groups -OCH3 is 2. The molecule has 0 saturated heterocycles. The summed E-state index contributed by atoms with van der Waals surface area (Å²) in [5.41, 5.74) is 1.46. The van der Waals surface area contributed by atoms with Gasteiger partial charge in [0.1, 0.15) is 0 Å². The highest BCUT2D eigenvalue weighted by atomic mass is 79.9. The zero-order valence-electron chi connectivity index (χ0n) is 16.1. The lowest BCUT2D eigenvalue weighted by Crippen LogP contribution is -2.13. The summed E-state index contributed by atoms with van der Waals surface area (Å²) < 4.78 is 50.3. The molecule has 2 aromatic rings. The van der Waals surface area contributed by atoms with Crippen molar-refractivity contribution >= 4 is 26.0 Å². The van der Waals surface area contributed by atoms with Crippen molar-refractivity contribution in [1.82, 2.24) is 0 Å². The van der Waals surface area contributed by atoms with Gasteiger partial charge in [-0.3, -0.25) is 4.55 Å². The third-order valence-corrected chi connectivity index (χ3v) is 5.78. The maximum Gasteiger partial charge on any atom is 0.294 e. The van der Waals surface area contributed by atoms with Gasteiger partial charge >= 0.3 is 0 Å². The van der Waals surface area contributed by atoms with Gasteiger partial charge in [0.25, 0.3) is 10.1 Å². The SMILES string of the molecule is CCCC(COCc1ccc(OC)c(OC)c1)c1cc(Br)ccc1S(=O)(=O)O. The van der Waals surface area contributed by atoms with Crippen molar-refractivity contribution < 1.29 is 27.2 Å².